The molecule has 4 rings (SSSR count). The standard InChI is InChI=1S/C25H22ClNO5S/c1-3-32-20-13-15(10-11-18(20)26)23(28)21-22(17-8-4-5-9-19(17)31-2)27(25(30)24(21)29)14-16-7-6-12-33-16/h4-13,22,28H,3,14H2,1-2H3/b23-21+. The first kappa shape index (κ1) is 22.9. The average Bonchev–Trinajstić information content (AvgIpc) is 3.42. The lowest BCUT2D eigenvalue weighted by Gasteiger charge is -2.26. The molecule has 170 valence electrons. The van der Waals surface area contributed by atoms with Gasteiger partial charge in [0, 0.05) is 16.0 Å². The van der Waals surface area contributed by atoms with Gasteiger partial charge in [0.25, 0.3) is 11.7 Å². The van der Waals surface area contributed by atoms with Gasteiger partial charge >= 0.3 is 0 Å². The molecule has 0 aliphatic carbocycles. The second-order valence-corrected chi connectivity index (χ2v) is 8.77. The highest BCUT2D eigenvalue weighted by Gasteiger charge is 2.47. The SMILES string of the molecule is CCOc1cc(/C(O)=C2\C(=O)C(=O)N(Cc3cccs3)C2c2ccccc2OC)ccc1Cl. The molecule has 1 N–H and O–H groups in total. The van der Waals surface area contributed by atoms with Crippen LogP contribution in [-0.4, -0.2) is 35.4 Å². The maximum atomic E-state index is 13.2. The molecule has 2 aromatic carbocycles. The van der Waals surface area contributed by atoms with E-state index in [1.807, 2.05) is 24.4 Å². The van der Waals surface area contributed by atoms with E-state index < -0.39 is 17.7 Å². The zero-order valence-electron chi connectivity index (χ0n) is 18.1. The van der Waals surface area contributed by atoms with Gasteiger partial charge < -0.3 is 19.5 Å². The summed E-state index contributed by atoms with van der Waals surface area (Å²) in [5, 5.41) is 13.6. The first-order valence-corrected chi connectivity index (χ1v) is 11.6. The van der Waals surface area contributed by atoms with Crippen LogP contribution in [0.5, 0.6) is 11.5 Å². The summed E-state index contributed by atoms with van der Waals surface area (Å²) >= 11 is 7.68. The Kier molecular flexibility index (Phi) is 6.72. The largest absolute Gasteiger partial charge is 0.507 e. The van der Waals surface area contributed by atoms with Crippen LogP contribution in [0.25, 0.3) is 5.76 Å². The van der Waals surface area contributed by atoms with Gasteiger partial charge in [-0.3, -0.25) is 9.59 Å². The number of hydrogen-bond donors (Lipinski definition) is 1. The molecule has 1 aliphatic heterocycles. The second kappa shape index (κ2) is 9.68. The van der Waals surface area contributed by atoms with E-state index >= 15 is 0 Å². The molecule has 6 nitrogen and oxygen atoms in total. The number of halogens is 1. The predicted molar refractivity (Wildman–Crippen MR) is 128 cm³/mol. The highest BCUT2D eigenvalue weighted by molar-refractivity contribution is 7.09. The number of aliphatic hydroxyl groups excluding tert-OH is 1. The van der Waals surface area contributed by atoms with Gasteiger partial charge in [-0.15, -0.1) is 11.3 Å². The molecule has 2 heterocycles. The Hall–Kier alpha value is -3.29. The molecular formula is C25H22ClNO5S. The first-order chi connectivity index (χ1) is 16.0. The number of Topliss-reactive ketones (excluding diaryl/α,β-unsaturated/α-hetero) is 1. The topological polar surface area (TPSA) is 76.1 Å². The van der Waals surface area contributed by atoms with Crippen molar-refractivity contribution in [2.45, 2.75) is 19.5 Å². The molecule has 8 heteroatoms. The van der Waals surface area contributed by atoms with Crippen molar-refractivity contribution in [3.8, 4) is 11.5 Å². The first-order valence-electron chi connectivity index (χ1n) is 10.3. The van der Waals surface area contributed by atoms with Crippen molar-refractivity contribution in [2.75, 3.05) is 13.7 Å². The summed E-state index contributed by atoms with van der Waals surface area (Å²) in [5.41, 5.74) is 0.930. The number of carbonyl (C=O) groups is 2. The van der Waals surface area contributed by atoms with Gasteiger partial charge in [-0.05, 0) is 42.6 Å². The molecule has 1 aromatic heterocycles. The molecular weight excluding hydrogens is 462 g/mol. The normalized spacial score (nSPS) is 17.4. The van der Waals surface area contributed by atoms with E-state index in [-0.39, 0.29) is 17.9 Å². The third-order valence-electron chi connectivity index (χ3n) is 5.38. The Balaban J connectivity index is 1.90. The smallest absolute Gasteiger partial charge is 0.295 e. The summed E-state index contributed by atoms with van der Waals surface area (Å²) in [6.07, 6.45) is 0. The summed E-state index contributed by atoms with van der Waals surface area (Å²) < 4.78 is 11.1. The summed E-state index contributed by atoms with van der Waals surface area (Å²) in [5.74, 6) is -0.842. The molecule has 33 heavy (non-hydrogen) atoms. The van der Waals surface area contributed by atoms with Crippen LogP contribution in [-0.2, 0) is 16.1 Å². The number of thiophene rings is 1. The van der Waals surface area contributed by atoms with Crippen molar-refractivity contribution in [2.24, 2.45) is 0 Å². The van der Waals surface area contributed by atoms with Crippen molar-refractivity contribution in [3.63, 3.8) is 0 Å². The molecule has 3 aromatic rings. The van der Waals surface area contributed by atoms with Crippen LogP contribution in [0.15, 0.2) is 65.6 Å². The molecule has 1 atom stereocenters. The fraction of sp³-hybridized carbons (Fsp3) is 0.200. The predicted octanol–water partition coefficient (Wildman–Crippen LogP) is 5.43. The van der Waals surface area contributed by atoms with Gasteiger partial charge in [0.2, 0.25) is 0 Å². The lowest BCUT2D eigenvalue weighted by molar-refractivity contribution is -0.140. The minimum atomic E-state index is -0.825. The summed E-state index contributed by atoms with van der Waals surface area (Å²) in [6.45, 7) is 2.43. The number of aliphatic hydroxyl groups is 1. The molecule has 0 spiro atoms. The minimum Gasteiger partial charge on any atom is -0.507 e. The van der Waals surface area contributed by atoms with E-state index in [1.54, 1.807) is 42.5 Å². The fourth-order valence-electron chi connectivity index (χ4n) is 3.90. The Bertz CT molecular complexity index is 1220. The number of para-hydroxylation sites is 1. The highest BCUT2D eigenvalue weighted by Crippen LogP contribution is 2.44. The number of benzene rings is 2. The van der Waals surface area contributed by atoms with E-state index in [0.29, 0.717) is 34.3 Å². The molecule has 1 unspecified atom stereocenters. The molecule has 1 aliphatic rings. The Morgan fingerprint density at radius 1 is 1.12 bits per heavy atom. The maximum Gasteiger partial charge on any atom is 0.295 e. The van der Waals surface area contributed by atoms with E-state index in [4.69, 9.17) is 21.1 Å². The Morgan fingerprint density at radius 2 is 1.91 bits per heavy atom. The van der Waals surface area contributed by atoms with Crippen molar-refractivity contribution in [3.05, 3.63) is 86.6 Å². The van der Waals surface area contributed by atoms with E-state index in [1.165, 1.54) is 23.3 Å². The summed E-state index contributed by atoms with van der Waals surface area (Å²) in [6, 6.07) is 14.9. The summed E-state index contributed by atoms with van der Waals surface area (Å²) in [4.78, 5) is 28.7. The number of carbonyl (C=O) groups excluding carboxylic acids is 2. The molecule has 0 bridgehead atoms. The van der Waals surface area contributed by atoms with E-state index in [0.717, 1.165) is 4.88 Å². The van der Waals surface area contributed by atoms with Crippen molar-refractivity contribution in [1.82, 2.24) is 4.90 Å². The van der Waals surface area contributed by atoms with Gasteiger partial charge in [0.05, 0.1) is 36.9 Å². The summed E-state index contributed by atoms with van der Waals surface area (Å²) in [7, 11) is 1.53. The molecule has 0 saturated carbocycles. The maximum absolute atomic E-state index is 13.2. The number of methoxy groups -OCH3 is 1. The van der Waals surface area contributed by atoms with Crippen molar-refractivity contribution in [1.29, 1.82) is 0 Å². The molecule has 1 amide bonds. The second-order valence-electron chi connectivity index (χ2n) is 7.33. The highest BCUT2D eigenvalue weighted by atomic mass is 35.5. The zero-order chi connectivity index (χ0) is 23.5. The van der Waals surface area contributed by atoms with Crippen molar-refractivity contribution >= 4 is 40.4 Å². The van der Waals surface area contributed by atoms with Gasteiger partial charge in [-0.1, -0.05) is 35.9 Å². The van der Waals surface area contributed by atoms with E-state index in [9.17, 15) is 14.7 Å². The monoisotopic (exact) mass is 483 g/mol. The molecule has 0 radical (unpaired) electrons. The number of rotatable bonds is 7. The van der Waals surface area contributed by atoms with Gasteiger partial charge in [0.1, 0.15) is 17.3 Å². The van der Waals surface area contributed by atoms with E-state index in [2.05, 4.69) is 0 Å². The molecule has 1 fully saturated rings. The van der Waals surface area contributed by atoms with Gasteiger partial charge in [0.15, 0.2) is 0 Å². The van der Waals surface area contributed by atoms with Crippen molar-refractivity contribution < 1.29 is 24.2 Å². The fourth-order valence-corrected chi connectivity index (χ4v) is 4.78. The van der Waals surface area contributed by atoms with Gasteiger partial charge in [-0.2, -0.15) is 0 Å². The van der Waals surface area contributed by atoms with Crippen LogP contribution in [0.4, 0.5) is 0 Å². The average molecular weight is 484 g/mol. The quantitative estimate of drug-likeness (QED) is 0.275. The number of ketones is 1. The van der Waals surface area contributed by atoms with Crippen LogP contribution in [0, 0.1) is 0 Å². The lowest BCUT2D eigenvalue weighted by atomic mass is 9.94. The van der Waals surface area contributed by atoms with Crippen LogP contribution < -0.4 is 9.47 Å². The zero-order valence-corrected chi connectivity index (χ0v) is 19.7. The molecule has 1 saturated heterocycles. The van der Waals surface area contributed by atoms with Gasteiger partial charge in [-0.25, -0.2) is 0 Å². The number of amides is 1. The van der Waals surface area contributed by atoms with Crippen LogP contribution in [0.2, 0.25) is 5.02 Å². The number of hydrogen-bond acceptors (Lipinski definition) is 6. The van der Waals surface area contributed by atoms with Crippen LogP contribution >= 0.6 is 22.9 Å². The number of likely N-dealkylation sites (tertiary alicyclic amines) is 1. The number of ether oxygens (including phenoxy) is 2. The minimum absolute atomic E-state index is 0.00849. The third kappa shape index (κ3) is 4.34. The Morgan fingerprint density at radius 3 is 2.61 bits per heavy atom. The van der Waals surface area contributed by atoms with Crippen LogP contribution in [0.3, 0.4) is 0 Å². The lowest BCUT2D eigenvalue weighted by Crippen LogP contribution is -2.29. The Labute approximate surface area is 200 Å². The van der Waals surface area contributed by atoms with Crippen LogP contribution in [0.1, 0.15) is 29.0 Å². The number of nitrogens with zero attached hydrogens (tertiary/aromatic N) is 1. The third-order valence-corrected chi connectivity index (χ3v) is 6.56.